The van der Waals surface area contributed by atoms with Crippen molar-refractivity contribution < 1.29 is 24.1 Å². The van der Waals surface area contributed by atoms with Crippen molar-refractivity contribution in [2.24, 2.45) is 5.10 Å². The average molecular weight is 570 g/mol. The second-order valence-corrected chi connectivity index (χ2v) is 10.2. The first-order valence-corrected chi connectivity index (χ1v) is 13.6. The first-order valence-electron chi connectivity index (χ1n) is 13.6. The Labute approximate surface area is 244 Å². The van der Waals surface area contributed by atoms with E-state index in [0.29, 0.717) is 45.8 Å². The lowest BCUT2D eigenvalue weighted by Crippen LogP contribution is -2.23. The highest BCUT2D eigenvalue weighted by atomic mass is 16.5. The van der Waals surface area contributed by atoms with Gasteiger partial charge in [0.1, 0.15) is 5.75 Å². The predicted molar refractivity (Wildman–Crippen MR) is 164 cm³/mol. The smallest absolute Gasteiger partial charge is 0.344 e. The van der Waals surface area contributed by atoms with E-state index < -0.39 is 12.1 Å². The SMILES string of the molecule is C=CCc1cc(C=Nn2c(-c3cc(C(C)C)c(OC)cc3C)nc3ccccc3c2=O)cc(OC)c1O[C@@H](C)C(=O)O. The van der Waals surface area contributed by atoms with E-state index in [2.05, 4.69) is 25.5 Å². The molecule has 0 aliphatic carbocycles. The summed E-state index contributed by atoms with van der Waals surface area (Å²) in [7, 11) is 3.11. The molecule has 0 aliphatic rings. The van der Waals surface area contributed by atoms with Crippen LogP contribution in [0.25, 0.3) is 22.3 Å². The third-order valence-electron chi connectivity index (χ3n) is 6.90. The topological polar surface area (TPSA) is 112 Å². The van der Waals surface area contributed by atoms with Crippen LogP contribution in [0, 0.1) is 6.92 Å². The van der Waals surface area contributed by atoms with Gasteiger partial charge in [-0.25, -0.2) is 9.78 Å². The van der Waals surface area contributed by atoms with Gasteiger partial charge in [-0.05, 0) is 79.3 Å². The molecule has 0 aliphatic heterocycles. The van der Waals surface area contributed by atoms with E-state index in [1.54, 1.807) is 49.7 Å². The van der Waals surface area contributed by atoms with Gasteiger partial charge >= 0.3 is 5.97 Å². The number of methoxy groups -OCH3 is 2. The Balaban J connectivity index is 1.93. The van der Waals surface area contributed by atoms with Gasteiger partial charge in [-0.3, -0.25) is 4.79 Å². The Morgan fingerprint density at radius 3 is 2.45 bits per heavy atom. The van der Waals surface area contributed by atoms with Gasteiger partial charge in [0.2, 0.25) is 0 Å². The molecule has 1 heterocycles. The minimum absolute atomic E-state index is 0.170. The number of aromatic nitrogens is 2. The predicted octanol–water partition coefficient (Wildman–Crippen LogP) is 5.98. The molecular formula is C33H35N3O6. The first kappa shape index (κ1) is 30.0. The zero-order valence-electron chi connectivity index (χ0n) is 24.7. The molecule has 9 heteroatoms. The standard InChI is InChI=1S/C33H35N3O6/c1-8-11-23-15-22(16-29(41-7)30(23)42-21(5)33(38)39)18-34-36-31(35-27-13-10-9-12-24(27)32(36)37)26-17-25(19(2)3)28(40-6)14-20(26)4/h8-10,12-19,21H,1,11H2,2-7H3,(H,38,39)/t21-/m0/s1. The fourth-order valence-corrected chi connectivity index (χ4v) is 4.67. The van der Waals surface area contributed by atoms with Gasteiger partial charge in [0.25, 0.3) is 5.56 Å². The molecule has 0 saturated heterocycles. The Hall–Kier alpha value is -4.92. The van der Waals surface area contributed by atoms with Crippen molar-refractivity contribution in [2.45, 2.75) is 46.1 Å². The number of carboxylic acid groups (broad SMARTS) is 1. The molecule has 3 aromatic carbocycles. The van der Waals surface area contributed by atoms with E-state index in [-0.39, 0.29) is 11.5 Å². The van der Waals surface area contributed by atoms with Crippen LogP contribution in [-0.4, -0.2) is 47.3 Å². The second-order valence-electron chi connectivity index (χ2n) is 10.2. The number of carboxylic acids is 1. The molecule has 0 fully saturated rings. The van der Waals surface area contributed by atoms with E-state index in [9.17, 15) is 14.7 Å². The maximum Gasteiger partial charge on any atom is 0.344 e. The Morgan fingerprint density at radius 1 is 1.10 bits per heavy atom. The van der Waals surface area contributed by atoms with Crippen LogP contribution in [0.4, 0.5) is 0 Å². The Morgan fingerprint density at radius 2 is 1.81 bits per heavy atom. The number of benzene rings is 3. The summed E-state index contributed by atoms with van der Waals surface area (Å²) in [5.74, 6) is 0.878. The first-order chi connectivity index (χ1) is 20.1. The van der Waals surface area contributed by atoms with Crippen molar-refractivity contribution >= 4 is 23.1 Å². The van der Waals surface area contributed by atoms with Gasteiger partial charge < -0.3 is 19.3 Å². The number of nitrogens with zero attached hydrogens (tertiary/aromatic N) is 3. The maximum atomic E-state index is 13.8. The molecule has 1 aromatic heterocycles. The van der Waals surface area contributed by atoms with Gasteiger partial charge in [-0.1, -0.05) is 32.1 Å². The molecule has 42 heavy (non-hydrogen) atoms. The number of ether oxygens (including phenoxy) is 3. The largest absolute Gasteiger partial charge is 0.496 e. The number of aryl methyl sites for hydroxylation is 1. The fourth-order valence-electron chi connectivity index (χ4n) is 4.67. The summed E-state index contributed by atoms with van der Waals surface area (Å²) in [6.07, 6.45) is 2.53. The quantitative estimate of drug-likeness (QED) is 0.175. The van der Waals surface area contributed by atoms with Gasteiger partial charge in [-0.2, -0.15) is 9.78 Å². The molecular weight excluding hydrogens is 534 g/mol. The fraction of sp³-hybridized carbons (Fsp3) is 0.273. The molecule has 9 nitrogen and oxygen atoms in total. The number of hydrogen-bond acceptors (Lipinski definition) is 7. The maximum absolute atomic E-state index is 13.8. The van der Waals surface area contributed by atoms with Crippen molar-refractivity contribution in [3.05, 3.63) is 93.8 Å². The molecule has 1 atom stereocenters. The Bertz CT molecular complexity index is 1740. The van der Waals surface area contributed by atoms with E-state index in [1.807, 2.05) is 25.1 Å². The molecule has 4 rings (SSSR count). The molecule has 0 amide bonds. The number of carbonyl (C=O) groups is 1. The van der Waals surface area contributed by atoms with Gasteiger partial charge in [0, 0.05) is 11.1 Å². The van der Waals surface area contributed by atoms with Gasteiger partial charge in [0.05, 0.1) is 31.3 Å². The van der Waals surface area contributed by atoms with Gasteiger partial charge in [0.15, 0.2) is 23.4 Å². The highest BCUT2D eigenvalue weighted by Crippen LogP contribution is 2.35. The summed E-state index contributed by atoms with van der Waals surface area (Å²) in [4.78, 5) is 30.1. The second kappa shape index (κ2) is 12.7. The van der Waals surface area contributed by atoms with Crippen molar-refractivity contribution in [1.82, 2.24) is 9.66 Å². The number of rotatable bonds is 11. The van der Waals surface area contributed by atoms with E-state index >= 15 is 0 Å². The number of hydrogen-bond donors (Lipinski definition) is 1. The summed E-state index contributed by atoms with van der Waals surface area (Å²) in [5, 5.41) is 14.4. The molecule has 218 valence electrons. The summed E-state index contributed by atoms with van der Waals surface area (Å²) >= 11 is 0. The van der Waals surface area contributed by atoms with Crippen LogP contribution in [0.15, 0.2) is 71.1 Å². The summed E-state index contributed by atoms with van der Waals surface area (Å²) < 4.78 is 18.2. The average Bonchev–Trinajstić information content (AvgIpc) is 2.97. The van der Waals surface area contributed by atoms with Crippen molar-refractivity contribution in [3.63, 3.8) is 0 Å². The van der Waals surface area contributed by atoms with E-state index in [4.69, 9.17) is 19.2 Å². The zero-order valence-corrected chi connectivity index (χ0v) is 24.7. The number of para-hydroxylation sites is 1. The zero-order chi connectivity index (χ0) is 30.6. The lowest BCUT2D eigenvalue weighted by molar-refractivity contribution is -0.144. The third-order valence-corrected chi connectivity index (χ3v) is 6.90. The third kappa shape index (κ3) is 6.05. The van der Waals surface area contributed by atoms with Crippen LogP contribution < -0.4 is 19.8 Å². The molecule has 0 radical (unpaired) electrons. The minimum atomic E-state index is -1.10. The van der Waals surface area contributed by atoms with Crippen LogP contribution in [0.3, 0.4) is 0 Å². The van der Waals surface area contributed by atoms with Crippen molar-refractivity contribution in [3.8, 4) is 28.6 Å². The molecule has 0 unspecified atom stereocenters. The van der Waals surface area contributed by atoms with Gasteiger partial charge in [-0.15, -0.1) is 6.58 Å². The number of aliphatic carboxylic acids is 1. The molecule has 0 saturated carbocycles. The van der Waals surface area contributed by atoms with Crippen LogP contribution in [-0.2, 0) is 11.2 Å². The van der Waals surface area contributed by atoms with Crippen LogP contribution in [0.2, 0.25) is 0 Å². The summed E-state index contributed by atoms with van der Waals surface area (Å²) in [6, 6.07) is 14.6. The minimum Gasteiger partial charge on any atom is -0.496 e. The Kier molecular flexibility index (Phi) is 9.10. The monoisotopic (exact) mass is 569 g/mol. The van der Waals surface area contributed by atoms with E-state index in [1.165, 1.54) is 18.7 Å². The van der Waals surface area contributed by atoms with Crippen molar-refractivity contribution in [1.29, 1.82) is 0 Å². The van der Waals surface area contributed by atoms with Crippen LogP contribution in [0.1, 0.15) is 48.9 Å². The normalized spacial score (nSPS) is 12.1. The highest BCUT2D eigenvalue weighted by molar-refractivity contribution is 5.84. The number of fused-ring (bicyclic) bond motifs is 1. The number of allylic oxidation sites excluding steroid dienone is 1. The summed E-state index contributed by atoms with van der Waals surface area (Å²) in [6.45, 7) is 11.4. The molecule has 0 bridgehead atoms. The molecule has 0 spiro atoms. The van der Waals surface area contributed by atoms with Crippen molar-refractivity contribution in [2.75, 3.05) is 14.2 Å². The highest BCUT2D eigenvalue weighted by Gasteiger charge is 2.21. The molecule has 1 N–H and O–H groups in total. The van der Waals surface area contributed by atoms with Crippen LogP contribution in [0.5, 0.6) is 17.2 Å². The molecule has 4 aromatic rings. The van der Waals surface area contributed by atoms with Crippen LogP contribution >= 0.6 is 0 Å². The van der Waals surface area contributed by atoms with E-state index in [0.717, 1.165) is 22.4 Å². The summed E-state index contributed by atoms with van der Waals surface area (Å²) in [5.41, 5.74) is 4.15. The lowest BCUT2D eigenvalue weighted by atomic mass is 9.96. The lowest BCUT2D eigenvalue weighted by Gasteiger charge is -2.18.